The van der Waals surface area contributed by atoms with Crippen LogP contribution in [-0.4, -0.2) is 43.5 Å². The fraction of sp³-hybridized carbons (Fsp3) is 0.259. The minimum absolute atomic E-state index is 0.0679. The first-order valence-electron chi connectivity index (χ1n) is 10.8. The zero-order chi connectivity index (χ0) is 24.3. The minimum atomic E-state index is -1.20. The fourth-order valence-electron chi connectivity index (χ4n) is 3.92. The van der Waals surface area contributed by atoms with Gasteiger partial charge in [0.15, 0.2) is 17.3 Å². The Morgan fingerprint density at radius 1 is 1.03 bits per heavy atom. The first kappa shape index (κ1) is 23.3. The molecule has 2 aromatic carbocycles. The van der Waals surface area contributed by atoms with E-state index >= 15 is 0 Å². The number of ether oxygens (including phenoxy) is 4. The molecule has 7 nitrogen and oxygen atoms in total. The topological polar surface area (TPSA) is 91.3 Å². The number of hydrogen-bond donors (Lipinski definition) is 1. The van der Waals surface area contributed by atoms with Gasteiger partial charge in [0.05, 0.1) is 18.3 Å². The van der Waals surface area contributed by atoms with E-state index in [4.69, 9.17) is 18.9 Å². The molecule has 1 heterocycles. The Labute approximate surface area is 197 Å². The van der Waals surface area contributed by atoms with Gasteiger partial charge in [0.25, 0.3) is 0 Å². The Bertz CT molecular complexity index is 1200. The van der Waals surface area contributed by atoms with Gasteiger partial charge in [0.2, 0.25) is 6.79 Å². The Kier molecular flexibility index (Phi) is 6.56. The van der Waals surface area contributed by atoms with Crippen molar-refractivity contribution in [1.29, 1.82) is 0 Å². The van der Waals surface area contributed by atoms with Crippen molar-refractivity contribution in [2.45, 2.75) is 25.4 Å². The van der Waals surface area contributed by atoms with Crippen LogP contribution in [0.25, 0.3) is 5.57 Å². The van der Waals surface area contributed by atoms with Gasteiger partial charge in [-0.05, 0) is 60.9 Å². The van der Waals surface area contributed by atoms with Crippen LogP contribution in [0.15, 0.2) is 71.8 Å². The van der Waals surface area contributed by atoms with Crippen LogP contribution < -0.4 is 14.2 Å². The predicted molar refractivity (Wildman–Crippen MR) is 126 cm³/mol. The highest BCUT2D eigenvalue weighted by atomic mass is 16.7. The van der Waals surface area contributed by atoms with Gasteiger partial charge in [-0.1, -0.05) is 24.3 Å². The second kappa shape index (κ2) is 9.57. The second-order valence-corrected chi connectivity index (χ2v) is 8.29. The van der Waals surface area contributed by atoms with Crippen molar-refractivity contribution in [3.8, 4) is 17.2 Å². The average Bonchev–Trinajstić information content (AvgIpc) is 3.32. The summed E-state index contributed by atoms with van der Waals surface area (Å²) in [5.41, 5.74) is 1.25. The zero-order valence-corrected chi connectivity index (χ0v) is 19.3. The van der Waals surface area contributed by atoms with Crippen LogP contribution in [0, 0.1) is 0 Å². The summed E-state index contributed by atoms with van der Waals surface area (Å²) < 4.78 is 21.5. The molecule has 0 aromatic heterocycles. The molecule has 1 unspecified atom stereocenters. The standard InChI is InChI=1S/C27H26O7/c1-27(32-3)12-10-17(11-13-27)14-21(25(28)18-4-7-20(31-2)8-5-18)24(26(29)30)19-6-9-22-23(15-19)34-16-33-22/h4-12,15H,13-14,16H2,1-3H3,(H,29,30)/b24-21-. The molecular weight excluding hydrogens is 436 g/mol. The van der Waals surface area contributed by atoms with Gasteiger partial charge < -0.3 is 24.1 Å². The van der Waals surface area contributed by atoms with Gasteiger partial charge in [-0.3, -0.25) is 4.79 Å². The number of fused-ring (bicyclic) bond motifs is 1. The lowest BCUT2D eigenvalue weighted by Gasteiger charge is -2.26. The van der Waals surface area contributed by atoms with Crippen molar-refractivity contribution in [3.63, 3.8) is 0 Å². The van der Waals surface area contributed by atoms with E-state index in [0.717, 1.165) is 5.57 Å². The van der Waals surface area contributed by atoms with Gasteiger partial charge in [0, 0.05) is 24.7 Å². The Morgan fingerprint density at radius 3 is 2.35 bits per heavy atom. The van der Waals surface area contributed by atoms with Crippen LogP contribution in [-0.2, 0) is 9.53 Å². The van der Waals surface area contributed by atoms with Crippen molar-refractivity contribution in [1.82, 2.24) is 0 Å². The Morgan fingerprint density at radius 2 is 1.74 bits per heavy atom. The number of carbonyl (C=O) groups excluding carboxylic acids is 1. The second-order valence-electron chi connectivity index (χ2n) is 8.29. The average molecular weight is 462 g/mol. The highest BCUT2D eigenvalue weighted by Gasteiger charge is 2.28. The van der Waals surface area contributed by atoms with Crippen LogP contribution in [0.1, 0.15) is 35.7 Å². The number of hydrogen-bond acceptors (Lipinski definition) is 6. The van der Waals surface area contributed by atoms with Gasteiger partial charge >= 0.3 is 5.97 Å². The molecule has 2 aliphatic rings. The lowest BCUT2D eigenvalue weighted by atomic mass is 9.86. The van der Waals surface area contributed by atoms with E-state index in [2.05, 4.69) is 0 Å². The van der Waals surface area contributed by atoms with Crippen LogP contribution in [0.3, 0.4) is 0 Å². The number of rotatable bonds is 8. The highest BCUT2D eigenvalue weighted by molar-refractivity contribution is 6.26. The van der Waals surface area contributed by atoms with Crippen molar-refractivity contribution >= 4 is 17.3 Å². The molecule has 7 heteroatoms. The number of carboxylic acid groups (broad SMARTS) is 1. The maximum absolute atomic E-state index is 13.7. The first-order valence-corrected chi connectivity index (χ1v) is 10.8. The summed E-state index contributed by atoms with van der Waals surface area (Å²) >= 11 is 0. The molecule has 1 atom stereocenters. The van der Waals surface area contributed by atoms with Crippen LogP contribution in [0.2, 0.25) is 0 Å². The monoisotopic (exact) mass is 462 g/mol. The van der Waals surface area contributed by atoms with Crippen molar-refractivity contribution in [3.05, 3.63) is 83.0 Å². The SMILES string of the molecule is COc1ccc(C(=O)/C(CC2=CCC(C)(OC)C=C2)=C(\C(=O)O)c2ccc3c(c2)OCO3)cc1. The summed E-state index contributed by atoms with van der Waals surface area (Å²) in [7, 11) is 3.18. The van der Waals surface area contributed by atoms with Gasteiger partial charge in [-0.2, -0.15) is 0 Å². The third kappa shape index (κ3) is 4.75. The molecule has 34 heavy (non-hydrogen) atoms. The van der Waals surface area contributed by atoms with Crippen LogP contribution >= 0.6 is 0 Å². The summed E-state index contributed by atoms with van der Waals surface area (Å²) in [6.45, 7) is 2.03. The molecule has 0 saturated carbocycles. The highest BCUT2D eigenvalue weighted by Crippen LogP contribution is 2.37. The van der Waals surface area contributed by atoms with Crippen molar-refractivity contribution < 1.29 is 33.6 Å². The first-order chi connectivity index (χ1) is 16.3. The lowest BCUT2D eigenvalue weighted by Crippen LogP contribution is -2.25. The summed E-state index contributed by atoms with van der Waals surface area (Å²) in [4.78, 5) is 26.2. The van der Waals surface area contributed by atoms with Gasteiger partial charge in [0.1, 0.15) is 5.75 Å². The number of methoxy groups -OCH3 is 2. The molecule has 0 amide bonds. The summed E-state index contributed by atoms with van der Waals surface area (Å²) in [5, 5.41) is 10.2. The smallest absolute Gasteiger partial charge is 0.336 e. The molecule has 1 N–H and O–H groups in total. The maximum Gasteiger partial charge on any atom is 0.336 e. The quantitative estimate of drug-likeness (QED) is 0.444. The van der Waals surface area contributed by atoms with E-state index in [1.54, 1.807) is 56.7 Å². The van der Waals surface area contributed by atoms with E-state index in [1.807, 2.05) is 25.2 Å². The molecule has 1 aliphatic carbocycles. The van der Waals surface area contributed by atoms with Crippen molar-refractivity contribution in [2.24, 2.45) is 0 Å². The van der Waals surface area contributed by atoms with E-state index in [-0.39, 0.29) is 30.1 Å². The number of aliphatic carboxylic acids is 1. The zero-order valence-electron chi connectivity index (χ0n) is 19.3. The molecular formula is C27H26O7. The van der Waals surface area contributed by atoms with E-state index in [9.17, 15) is 14.7 Å². The molecule has 176 valence electrons. The molecule has 4 rings (SSSR count). The normalized spacial score (nSPS) is 19.3. The number of carboxylic acids is 1. The molecule has 0 saturated heterocycles. The summed E-state index contributed by atoms with van der Waals surface area (Å²) in [6, 6.07) is 11.5. The number of Topliss-reactive ketones (excluding diaryl/α,β-unsaturated/α-hetero) is 1. The molecule has 0 bridgehead atoms. The van der Waals surface area contributed by atoms with Crippen molar-refractivity contribution in [2.75, 3.05) is 21.0 Å². The third-order valence-electron chi connectivity index (χ3n) is 6.07. The molecule has 2 aromatic rings. The molecule has 0 radical (unpaired) electrons. The summed E-state index contributed by atoms with van der Waals surface area (Å²) in [6.07, 6.45) is 6.55. The van der Waals surface area contributed by atoms with Gasteiger partial charge in [-0.15, -0.1) is 0 Å². The number of carbonyl (C=O) groups is 2. The van der Waals surface area contributed by atoms with E-state index < -0.39 is 11.6 Å². The fourth-order valence-corrected chi connectivity index (χ4v) is 3.92. The largest absolute Gasteiger partial charge is 0.497 e. The van der Waals surface area contributed by atoms with Gasteiger partial charge in [-0.25, -0.2) is 4.79 Å². The third-order valence-corrected chi connectivity index (χ3v) is 6.07. The Balaban J connectivity index is 1.81. The predicted octanol–water partition coefficient (Wildman–Crippen LogP) is 4.83. The lowest BCUT2D eigenvalue weighted by molar-refractivity contribution is -0.130. The number of benzene rings is 2. The minimum Gasteiger partial charge on any atom is -0.497 e. The van der Waals surface area contributed by atoms with Crippen LogP contribution in [0.4, 0.5) is 0 Å². The number of allylic oxidation sites excluding steroid dienone is 3. The molecule has 0 spiro atoms. The maximum atomic E-state index is 13.7. The van der Waals surface area contributed by atoms with E-state index in [0.29, 0.717) is 34.8 Å². The Hall–Kier alpha value is -3.84. The summed E-state index contributed by atoms with van der Waals surface area (Å²) in [5.74, 6) is 0.0199. The molecule has 1 aliphatic heterocycles. The van der Waals surface area contributed by atoms with Crippen LogP contribution in [0.5, 0.6) is 17.2 Å². The van der Waals surface area contributed by atoms with E-state index in [1.165, 1.54) is 0 Å². The molecule has 0 fully saturated rings. The number of ketones is 1.